The van der Waals surface area contributed by atoms with E-state index in [9.17, 15) is 9.59 Å². The summed E-state index contributed by atoms with van der Waals surface area (Å²) in [5.74, 6) is 0.561. The number of amides is 1. The van der Waals surface area contributed by atoms with Gasteiger partial charge in [-0.25, -0.2) is 4.79 Å². The molecule has 0 saturated heterocycles. The molecule has 2 heterocycles. The van der Waals surface area contributed by atoms with E-state index in [-0.39, 0.29) is 18.3 Å². The molecule has 9 heteroatoms. The Bertz CT molecular complexity index is 990. The number of hydrogen-bond acceptors (Lipinski definition) is 6. The number of benzene rings is 1. The van der Waals surface area contributed by atoms with Crippen molar-refractivity contribution in [1.82, 2.24) is 14.7 Å². The number of nitrogens with zero attached hydrogens (tertiary/aromatic N) is 3. The van der Waals surface area contributed by atoms with Crippen LogP contribution in [0.25, 0.3) is 0 Å². The van der Waals surface area contributed by atoms with Crippen molar-refractivity contribution in [3.8, 4) is 5.75 Å². The smallest absolute Gasteiger partial charge is 0.337 e. The zero-order valence-corrected chi connectivity index (χ0v) is 17.0. The molecule has 0 fully saturated rings. The van der Waals surface area contributed by atoms with Gasteiger partial charge in [-0.15, -0.1) is 0 Å². The van der Waals surface area contributed by atoms with Gasteiger partial charge in [0.1, 0.15) is 18.1 Å². The van der Waals surface area contributed by atoms with Gasteiger partial charge in [0.05, 0.1) is 36.1 Å². The Balaban J connectivity index is 1.58. The molecule has 2 aromatic heterocycles. The predicted octanol–water partition coefficient (Wildman–Crippen LogP) is 3.30. The van der Waals surface area contributed by atoms with Gasteiger partial charge in [0.15, 0.2) is 5.76 Å². The molecular formula is C20H20ClN3O5. The zero-order valence-electron chi connectivity index (χ0n) is 16.2. The van der Waals surface area contributed by atoms with Gasteiger partial charge >= 0.3 is 5.97 Å². The Morgan fingerprint density at radius 3 is 2.55 bits per heavy atom. The highest BCUT2D eigenvalue weighted by molar-refractivity contribution is 6.31. The Kier molecular flexibility index (Phi) is 6.23. The molecule has 8 nitrogen and oxygen atoms in total. The summed E-state index contributed by atoms with van der Waals surface area (Å²) in [6.07, 6.45) is 1.54. The lowest BCUT2D eigenvalue weighted by molar-refractivity contribution is 0.0600. The van der Waals surface area contributed by atoms with E-state index in [0.717, 1.165) is 5.69 Å². The lowest BCUT2D eigenvalue weighted by Gasteiger charge is -2.16. The fourth-order valence-electron chi connectivity index (χ4n) is 2.63. The summed E-state index contributed by atoms with van der Waals surface area (Å²) in [6, 6.07) is 9.82. The molecule has 3 rings (SSSR count). The summed E-state index contributed by atoms with van der Waals surface area (Å²) in [6.45, 7) is 0.440. The summed E-state index contributed by atoms with van der Waals surface area (Å²) < 4.78 is 17.5. The molecule has 0 bridgehead atoms. The molecule has 0 atom stereocenters. The molecule has 0 aliphatic carbocycles. The van der Waals surface area contributed by atoms with Crippen LogP contribution in [0.2, 0.25) is 5.02 Å². The van der Waals surface area contributed by atoms with Gasteiger partial charge in [0.2, 0.25) is 0 Å². The average molecular weight is 418 g/mol. The highest BCUT2D eigenvalue weighted by Crippen LogP contribution is 2.19. The van der Waals surface area contributed by atoms with Crippen LogP contribution in [0.4, 0.5) is 0 Å². The van der Waals surface area contributed by atoms with Crippen LogP contribution in [0.1, 0.15) is 32.4 Å². The second kappa shape index (κ2) is 8.83. The average Bonchev–Trinajstić information content (AvgIpc) is 3.33. The lowest BCUT2D eigenvalue weighted by Crippen LogP contribution is -2.27. The highest BCUT2D eigenvalue weighted by Gasteiger charge is 2.19. The van der Waals surface area contributed by atoms with Gasteiger partial charge < -0.3 is 18.8 Å². The van der Waals surface area contributed by atoms with Gasteiger partial charge in [0, 0.05) is 14.1 Å². The summed E-state index contributed by atoms with van der Waals surface area (Å²) in [5, 5.41) is 4.56. The summed E-state index contributed by atoms with van der Waals surface area (Å²) in [7, 11) is 4.75. The maximum Gasteiger partial charge on any atom is 0.337 e. The number of rotatable bonds is 7. The van der Waals surface area contributed by atoms with Crippen LogP contribution < -0.4 is 4.74 Å². The van der Waals surface area contributed by atoms with Crippen LogP contribution in [0.5, 0.6) is 5.75 Å². The molecule has 152 valence electrons. The number of methoxy groups -OCH3 is 1. The monoisotopic (exact) mass is 417 g/mol. The van der Waals surface area contributed by atoms with Gasteiger partial charge in [-0.2, -0.15) is 5.10 Å². The Hall–Kier alpha value is -3.26. The number of carbonyl (C=O) groups excluding carboxylic acids is 2. The number of ether oxygens (including phenoxy) is 2. The Morgan fingerprint density at radius 1 is 1.21 bits per heavy atom. The largest absolute Gasteiger partial charge is 0.486 e. The second-order valence-electron chi connectivity index (χ2n) is 6.29. The van der Waals surface area contributed by atoms with Crippen molar-refractivity contribution < 1.29 is 23.5 Å². The number of halogens is 1. The third kappa shape index (κ3) is 4.78. The lowest BCUT2D eigenvalue weighted by atomic mass is 10.2. The van der Waals surface area contributed by atoms with Crippen LogP contribution in [0.3, 0.4) is 0 Å². The minimum atomic E-state index is -0.415. The first-order valence-corrected chi connectivity index (χ1v) is 9.08. The first-order chi connectivity index (χ1) is 13.9. The third-order valence-electron chi connectivity index (χ3n) is 4.27. The minimum Gasteiger partial charge on any atom is -0.486 e. The minimum absolute atomic E-state index is 0.141. The number of carbonyl (C=O) groups is 2. The standard InChI is InChI=1S/C20H20ClN3O5/c1-23(11-17-16(21)10-22-24(17)2)19(25)18-9-8-15(29-18)12-28-14-6-4-13(5-7-14)20(26)27-3/h4-10H,11-12H2,1-3H3. The normalized spacial score (nSPS) is 10.6. The molecule has 0 N–H and O–H groups in total. The summed E-state index contributed by atoms with van der Waals surface area (Å²) in [5.41, 5.74) is 1.16. The van der Waals surface area contributed by atoms with E-state index in [2.05, 4.69) is 9.84 Å². The van der Waals surface area contributed by atoms with Crippen LogP contribution in [-0.4, -0.2) is 40.7 Å². The molecule has 0 saturated carbocycles. The van der Waals surface area contributed by atoms with E-state index < -0.39 is 5.97 Å². The number of aryl methyl sites for hydroxylation is 1. The number of hydrogen-bond donors (Lipinski definition) is 0. The summed E-state index contributed by atoms with van der Waals surface area (Å²) in [4.78, 5) is 25.5. The summed E-state index contributed by atoms with van der Waals surface area (Å²) >= 11 is 6.09. The maximum atomic E-state index is 12.6. The molecule has 0 radical (unpaired) electrons. The fraction of sp³-hybridized carbons (Fsp3) is 0.250. The molecule has 3 aromatic rings. The fourth-order valence-corrected chi connectivity index (χ4v) is 2.85. The van der Waals surface area contributed by atoms with Gasteiger partial charge in [0.25, 0.3) is 5.91 Å². The van der Waals surface area contributed by atoms with Crippen LogP contribution in [-0.2, 0) is 24.9 Å². The van der Waals surface area contributed by atoms with Gasteiger partial charge in [-0.1, -0.05) is 11.6 Å². The van der Waals surface area contributed by atoms with Crippen molar-refractivity contribution in [2.75, 3.05) is 14.2 Å². The van der Waals surface area contributed by atoms with E-state index in [1.165, 1.54) is 18.2 Å². The SMILES string of the molecule is COC(=O)c1ccc(OCc2ccc(C(=O)N(C)Cc3c(Cl)cnn3C)o2)cc1. The van der Waals surface area contributed by atoms with Crippen LogP contribution >= 0.6 is 11.6 Å². The molecular weight excluding hydrogens is 398 g/mol. The number of furan rings is 1. The van der Waals surface area contributed by atoms with Crippen molar-refractivity contribution in [2.45, 2.75) is 13.2 Å². The van der Waals surface area contributed by atoms with Crippen molar-refractivity contribution in [1.29, 1.82) is 0 Å². The van der Waals surface area contributed by atoms with Crippen LogP contribution in [0, 0.1) is 0 Å². The van der Waals surface area contributed by atoms with Gasteiger partial charge in [-0.05, 0) is 36.4 Å². The van der Waals surface area contributed by atoms with E-state index >= 15 is 0 Å². The molecule has 29 heavy (non-hydrogen) atoms. The molecule has 1 aromatic carbocycles. The quantitative estimate of drug-likeness (QED) is 0.548. The van der Waals surface area contributed by atoms with Crippen molar-refractivity contribution in [3.05, 3.63) is 70.4 Å². The van der Waals surface area contributed by atoms with Crippen molar-refractivity contribution in [2.24, 2.45) is 7.05 Å². The Morgan fingerprint density at radius 2 is 1.93 bits per heavy atom. The third-order valence-corrected chi connectivity index (χ3v) is 4.59. The predicted molar refractivity (Wildman–Crippen MR) is 105 cm³/mol. The second-order valence-corrected chi connectivity index (χ2v) is 6.70. The number of esters is 1. The highest BCUT2D eigenvalue weighted by atomic mass is 35.5. The first kappa shape index (κ1) is 20.5. The molecule has 0 aliphatic heterocycles. The molecule has 1 amide bonds. The van der Waals surface area contributed by atoms with Crippen molar-refractivity contribution >= 4 is 23.5 Å². The van der Waals surface area contributed by atoms with E-state index in [1.54, 1.807) is 55.2 Å². The Labute approximate surface area is 172 Å². The zero-order chi connectivity index (χ0) is 21.0. The topological polar surface area (TPSA) is 86.8 Å². The van der Waals surface area contributed by atoms with Gasteiger partial charge in [-0.3, -0.25) is 9.48 Å². The maximum absolute atomic E-state index is 12.6. The van der Waals surface area contributed by atoms with Crippen molar-refractivity contribution in [3.63, 3.8) is 0 Å². The molecule has 0 aliphatic rings. The van der Waals surface area contributed by atoms with E-state index in [4.69, 9.17) is 20.8 Å². The first-order valence-electron chi connectivity index (χ1n) is 8.70. The van der Waals surface area contributed by atoms with E-state index in [0.29, 0.717) is 28.6 Å². The van der Waals surface area contributed by atoms with Crippen LogP contribution in [0.15, 0.2) is 47.0 Å². The molecule has 0 spiro atoms. The van der Waals surface area contributed by atoms with E-state index in [1.807, 2.05) is 0 Å². The number of aromatic nitrogens is 2. The molecule has 0 unspecified atom stereocenters.